The van der Waals surface area contributed by atoms with Gasteiger partial charge in [0.15, 0.2) is 0 Å². The van der Waals surface area contributed by atoms with E-state index >= 15 is 0 Å². The fourth-order valence-electron chi connectivity index (χ4n) is 1.97. The fraction of sp³-hybridized carbons (Fsp3) is 0.154. The van der Waals surface area contributed by atoms with Gasteiger partial charge in [0.2, 0.25) is 15.9 Å². The molecule has 0 radical (unpaired) electrons. The van der Waals surface area contributed by atoms with Crippen molar-refractivity contribution in [3.8, 4) is 22.3 Å². The van der Waals surface area contributed by atoms with Crippen molar-refractivity contribution in [2.45, 2.75) is 11.8 Å². The molecule has 2 N–H and O–H groups in total. The van der Waals surface area contributed by atoms with Crippen LogP contribution < -0.4 is 9.88 Å². The molecular formula is C13H13N5O3S2. The molecule has 0 spiro atoms. The number of aromatic nitrogens is 4. The molecule has 8 nitrogen and oxygen atoms in total. The Labute approximate surface area is 136 Å². The highest BCUT2D eigenvalue weighted by Crippen LogP contribution is 2.30. The van der Waals surface area contributed by atoms with Gasteiger partial charge in [-0.15, -0.1) is 16.4 Å². The molecule has 0 unspecified atom stereocenters. The normalized spacial score (nSPS) is 11.6. The molecule has 120 valence electrons. The van der Waals surface area contributed by atoms with Crippen LogP contribution in [0.1, 0.15) is 4.88 Å². The molecule has 0 aliphatic rings. The Bertz CT molecular complexity index is 962. The first-order valence-electron chi connectivity index (χ1n) is 6.46. The van der Waals surface area contributed by atoms with Gasteiger partial charge in [-0.05, 0) is 25.1 Å². The first-order chi connectivity index (χ1) is 10.9. The Kier molecular flexibility index (Phi) is 3.88. The number of nitrogens with two attached hydrogens (primary N) is 1. The molecule has 2 aromatic heterocycles. The van der Waals surface area contributed by atoms with E-state index in [0.29, 0.717) is 22.3 Å². The number of ether oxygens (including phenoxy) is 1. The molecular weight excluding hydrogens is 338 g/mol. The number of hydrogen-bond acceptors (Lipinski definition) is 7. The SMILES string of the molecule is COc1nc(-c2cn(-c3cccc(S(N)(=O)=O)c3)nn2)sc1C. The van der Waals surface area contributed by atoms with Crippen molar-refractivity contribution in [3.05, 3.63) is 35.3 Å². The summed E-state index contributed by atoms with van der Waals surface area (Å²) in [5.41, 5.74) is 1.11. The van der Waals surface area contributed by atoms with Crippen LogP contribution in [0, 0.1) is 6.92 Å². The monoisotopic (exact) mass is 351 g/mol. The summed E-state index contributed by atoms with van der Waals surface area (Å²) in [5, 5.41) is 13.9. The third kappa shape index (κ3) is 3.09. The van der Waals surface area contributed by atoms with E-state index in [0.717, 1.165) is 4.88 Å². The van der Waals surface area contributed by atoms with E-state index in [9.17, 15) is 8.42 Å². The molecule has 1 aromatic carbocycles. The minimum absolute atomic E-state index is 0.0128. The summed E-state index contributed by atoms with van der Waals surface area (Å²) in [5.74, 6) is 0.552. The Morgan fingerprint density at radius 1 is 1.35 bits per heavy atom. The van der Waals surface area contributed by atoms with E-state index in [2.05, 4.69) is 15.3 Å². The number of rotatable bonds is 4. The van der Waals surface area contributed by atoms with Crippen LogP contribution in [0.3, 0.4) is 0 Å². The summed E-state index contributed by atoms with van der Waals surface area (Å²) in [7, 11) is -2.22. The second-order valence-corrected chi connectivity index (χ2v) is 7.44. The molecule has 0 aliphatic carbocycles. The second-order valence-electron chi connectivity index (χ2n) is 4.68. The third-order valence-electron chi connectivity index (χ3n) is 3.07. The quantitative estimate of drug-likeness (QED) is 0.759. The summed E-state index contributed by atoms with van der Waals surface area (Å²) in [4.78, 5) is 5.28. The first kappa shape index (κ1) is 15.6. The van der Waals surface area contributed by atoms with E-state index in [1.807, 2.05) is 6.92 Å². The first-order valence-corrected chi connectivity index (χ1v) is 8.82. The van der Waals surface area contributed by atoms with Crippen LogP contribution >= 0.6 is 11.3 Å². The highest BCUT2D eigenvalue weighted by atomic mass is 32.2. The molecule has 0 bridgehead atoms. The van der Waals surface area contributed by atoms with Gasteiger partial charge in [0.05, 0.1) is 28.8 Å². The van der Waals surface area contributed by atoms with E-state index in [4.69, 9.17) is 9.88 Å². The van der Waals surface area contributed by atoms with Crippen molar-refractivity contribution >= 4 is 21.4 Å². The summed E-state index contributed by atoms with van der Waals surface area (Å²) >= 11 is 1.44. The van der Waals surface area contributed by atoms with E-state index in [1.165, 1.54) is 28.2 Å². The Morgan fingerprint density at radius 2 is 2.13 bits per heavy atom. The van der Waals surface area contributed by atoms with Gasteiger partial charge >= 0.3 is 0 Å². The number of sulfonamides is 1. The molecule has 10 heteroatoms. The summed E-state index contributed by atoms with van der Waals surface area (Å²) < 4.78 is 29.5. The zero-order valence-electron chi connectivity index (χ0n) is 12.3. The van der Waals surface area contributed by atoms with Crippen molar-refractivity contribution in [2.24, 2.45) is 5.14 Å². The average molecular weight is 351 g/mol. The summed E-state index contributed by atoms with van der Waals surface area (Å²) in [6.07, 6.45) is 1.67. The third-order valence-corrected chi connectivity index (χ3v) is 4.96. The average Bonchev–Trinajstić information content (AvgIpc) is 3.13. The van der Waals surface area contributed by atoms with Gasteiger partial charge in [0.1, 0.15) is 10.7 Å². The molecule has 0 saturated heterocycles. The Balaban J connectivity index is 1.99. The molecule has 0 saturated carbocycles. The van der Waals surface area contributed by atoms with Gasteiger partial charge in [0.25, 0.3) is 0 Å². The molecule has 0 aliphatic heterocycles. The lowest BCUT2D eigenvalue weighted by atomic mass is 10.3. The Morgan fingerprint density at radius 3 is 2.78 bits per heavy atom. The van der Waals surface area contributed by atoms with Crippen LogP contribution in [-0.2, 0) is 10.0 Å². The maximum atomic E-state index is 11.4. The van der Waals surface area contributed by atoms with Crippen LogP contribution in [-0.4, -0.2) is 35.5 Å². The Hall–Kier alpha value is -2.30. The minimum atomic E-state index is -3.77. The van der Waals surface area contributed by atoms with Gasteiger partial charge < -0.3 is 4.74 Å². The van der Waals surface area contributed by atoms with E-state index < -0.39 is 10.0 Å². The number of thiazole rings is 1. The van der Waals surface area contributed by atoms with Crippen LogP contribution in [0.5, 0.6) is 5.88 Å². The smallest absolute Gasteiger partial charge is 0.238 e. The summed E-state index contributed by atoms with van der Waals surface area (Å²) in [6.45, 7) is 1.90. The number of nitrogens with zero attached hydrogens (tertiary/aromatic N) is 4. The van der Waals surface area contributed by atoms with Gasteiger partial charge in [-0.3, -0.25) is 0 Å². The lowest BCUT2D eigenvalue weighted by molar-refractivity contribution is 0.398. The van der Waals surface area contributed by atoms with Gasteiger partial charge in [-0.25, -0.2) is 18.2 Å². The number of aryl methyl sites for hydroxylation is 1. The number of hydrogen-bond donors (Lipinski definition) is 1. The topological polar surface area (TPSA) is 113 Å². The number of methoxy groups -OCH3 is 1. The molecule has 3 rings (SSSR count). The lowest BCUT2D eigenvalue weighted by Gasteiger charge is -2.02. The largest absolute Gasteiger partial charge is 0.480 e. The van der Waals surface area contributed by atoms with Crippen molar-refractivity contribution in [3.63, 3.8) is 0 Å². The zero-order valence-corrected chi connectivity index (χ0v) is 13.9. The van der Waals surface area contributed by atoms with Gasteiger partial charge in [-0.2, -0.15) is 4.98 Å². The fourth-order valence-corrected chi connectivity index (χ4v) is 3.36. The van der Waals surface area contributed by atoms with E-state index in [1.54, 1.807) is 25.4 Å². The number of benzene rings is 1. The van der Waals surface area contributed by atoms with Crippen LogP contribution in [0.4, 0.5) is 0 Å². The molecule has 0 amide bonds. The second kappa shape index (κ2) is 5.72. The van der Waals surface area contributed by atoms with E-state index in [-0.39, 0.29) is 4.90 Å². The van der Waals surface area contributed by atoms with Crippen LogP contribution in [0.25, 0.3) is 16.4 Å². The van der Waals surface area contributed by atoms with Crippen molar-refractivity contribution < 1.29 is 13.2 Å². The van der Waals surface area contributed by atoms with Crippen molar-refractivity contribution in [1.29, 1.82) is 0 Å². The van der Waals surface area contributed by atoms with Crippen molar-refractivity contribution in [2.75, 3.05) is 7.11 Å². The van der Waals surface area contributed by atoms with Crippen LogP contribution in [0.15, 0.2) is 35.4 Å². The molecule has 3 aromatic rings. The van der Waals surface area contributed by atoms with Gasteiger partial charge in [-0.1, -0.05) is 11.3 Å². The highest BCUT2D eigenvalue weighted by Gasteiger charge is 2.14. The van der Waals surface area contributed by atoms with Crippen LogP contribution in [0.2, 0.25) is 0 Å². The predicted octanol–water partition coefficient (Wildman–Crippen LogP) is 1.36. The molecule has 0 fully saturated rings. The summed E-state index contributed by atoms with van der Waals surface area (Å²) in [6, 6.07) is 6.15. The lowest BCUT2D eigenvalue weighted by Crippen LogP contribution is -2.12. The van der Waals surface area contributed by atoms with Crippen molar-refractivity contribution in [1.82, 2.24) is 20.0 Å². The molecule has 0 atom stereocenters. The molecule has 2 heterocycles. The van der Waals surface area contributed by atoms with Gasteiger partial charge in [0, 0.05) is 0 Å². The minimum Gasteiger partial charge on any atom is -0.480 e. The zero-order chi connectivity index (χ0) is 16.6. The highest BCUT2D eigenvalue weighted by molar-refractivity contribution is 7.89. The maximum absolute atomic E-state index is 11.4. The maximum Gasteiger partial charge on any atom is 0.238 e. The predicted molar refractivity (Wildman–Crippen MR) is 85.1 cm³/mol. The standard InChI is InChI=1S/C13H13N5O3S2/c1-8-12(21-2)15-13(22-8)11-7-18(17-16-11)9-4-3-5-10(6-9)23(14,19)20/h3-7H,1-2H3,(H2,14,19,20). The molecule has 23 heavy (non-hydrogen) atoms. The number of primary sulfonamides is 1.